The maximum atomic E-state index is 13.7. The Morgan fingerprint density at radius 1 is 1.08 bits per heavy atom. The van der Waals surface area contributed by atoms with Crippen LogP contribution in [-0.2, 0) is 4.74 Å². The monoisotopic (exact) mass is 524 g/mol. The summed E-state index contributed by atoms with van der Waals surface area (Å²) in [7, 11) is 0. The number of hydrogen-bond acceptors (Lipinski definition) is 6. The largest absolute Gasteiger partial charge is 0.453 e. The molecule has 1 aliphatic rings. The van der Waals surface area contributed by atoms with Crippen molar-refractivity contribution in [1.82, 2.24) is 15.1 Å². The smallest absolute Gasteiger partial charge is 0.299 e. The molecular weight excluding hydrogens is 492 g/mol. The Morgan fingerprint density at radius 3 is 2.67 bits per heavy atom. The summed E-state index contributed by atoms with van der Waals surface area (Å²) in [5, 5.41) is 10.5. The molecule has 1 amide bonds. The molecule has 3 aromatic carbocycles. The number of nitrogens with zero attached hydrogens (tertiary/aromatic N) is 2. The highest BCUT2D eigenvalue weighted by Gasteiger charge is 2.18. The quantitative estimate of drug-likeness (QED) is 0.287. The van der Waals surface area contributed by atoms with E-state index < -0.39 is 0 Å². The zero-order valence-corrected chi connectivity index (χ0v) is 22.1. The summed E-state index contributed by atoms with van der Waals surface area (Å²) >= 11 is 0. The molecule has 0 spiro atoms. The molecule has 0 bridgehead atoms. The molecule has 200 valence electrons. The molecule has 8 nitrogen and oxygen atoms in total. The summed E-state index contributed by atoms with van der Waals surface area (Å²) in [6.45, 7) is 5.42. The number of rotatable bonds is 9. The van der Waals surface area contributed by atoms with Crippen LogP contribution < -0.4 is 20.9 Å². The first kappa shape index (κ1) is 26.2. The molecule has 1 aliphatic heterocycles. The molecule has 2 N–H and O–H groups in total. The van der Waals surface area contributed by atoms with Gasteiger partial charge in [-0.1, -0.05) is 50.2 Å². The van der Waals surface area contributed by atoms with Crippen molar-refractivity contribution in [3.63, 3.8) is 0 Å². The predicted octanol–water partition coefficient (Wildman–Crippen LogP) is 5.80. The van der Waals surface area contributed by atoms with Crippen LogP contribution in [0.1, 0.15) is 48.5 Å². The second kappa shape index (κ2) is 12.0. The molecule has 1 atom stereocenters. The number of aromatic nitrogens is 2. The highest BCUT2D eigenvalue weighted by atomic mass is 16.5. The Kier molecular flexibility index (Phi) is 8.03. The number of amides is 1. The zero-order chi connectivity index (χ0) is 27.2. The van der Waals surface area contributed by atoms with E-state index in [2.05, 4.69) is 29.6 Å². The van der Waals surface area contributed by atoms with Crippen LogP contribution in [0.25, 0.3) is 5.69 Å². The van der Waals surface area contributed by atoms with Crippen LogP contribution in [0.15, 0.2) is 89.9 Å². The summed E-state index contributed by atoms with van der Waals surface area (Å²) in [5.41, 5.74) is 2.62. The van der Waals surface area contributed by atoms with Gasteiger partial charge in [-0.05, 0) is 66.8 Å². The number of hydrogen-bond donors (Lipinski definition) is 2. The second-order valence-corrected chi connectivity index (χ2v) is 9.82. The normalized spacial score (nSPS) is 14.8. The Bertz CT molecular complexity index is 1490. The number of ether oxygens (including phenoxy) is 2. The molecule has 0 saturated carbocycles. The van der Waals surface area contributed by atoms with Crippen LogP contribution in [-0.4, -0.2) is 34.9 Å². The Morgan fingerprint density at radius 2 is 1.90 bits per heavy atom. The number of nitrogens with one attached hydrogen (secondary N) is 2. The first-order valence-corrected chi connectivity index (χ1v) is 13.2. The molecule has 8 heteroatoms. The van der Waals surface area contributed by atoms with Gasteiger partial charge >= 0.3 is 0 Å². The third kappa shape index (κ3) is 6.35. The van der Waals surface area contributed by atoms with Gasteiger partial charge in [-0.3, -0.25) is 9.59 Å². The molecule has 0 aliphatic carbocycles. The predicted molar refractivity (Wildman–Crippen MR) is 151 cm³/mol. The van der Waals surface area contributed by atoms with Crippen molar-refractivity contribution < 1.29 is 14.3 Å². The van der Waals surface area contributed by atoms with Gasteiger partial charge in [-0.2, -0.15) is 9.78 Å². The van der Waals surface area contributed by atoms with Gasteiger partial charge in [0.15, 0.2) is 11.4 Å². The van der Waals surface area contributed by atoms with E-state index in [1.54, 1.807) is 24.3 Å². The van der Waals surface area contributed by atoms with Gasteiger partial charge in [-0.25, -0.2) is 0 Å². The number of carbonyl (C=O) groups is 1. The van der Waals surface area contributed by atoms with E-state index in [9.17, 15) is 9.59 Å². The minimum absolute atomic E-state index is 0.0532. The maximum Gasteiger partial charge on any atom is 0.299 e. The number of carbonyl (C=O) groups excluding carboxylic acids is 1. The molecule has 1 aromatic heterocycles. The molecule has 2 heterocycles. The number of anilines is 2. The average Bonchev–Trinajstić information content (AvgIpc) is 3.48. The van der Waals surface area contributed by atoms with Crippen molar-refractivity contribution in [1.29, 1.82) is 0 Å². The lowest BCUT2D eigenvalue weighted by Gasteiger charge is -2.16. The molecular formula is C31H32N4O4. The van der Waals surface area contributed by atoms with Crippen LogP contribution in [0.4, 0.5) is 11.4 Å². The Hall–Kier alpha value is -4.43. The second-order valence-electron chi connectivity index (χ2n) is 9.82. The van der Waals surface area contributed by atoms with E-state index in [1.165, 1.54) is 10.9 Å². The van der Waals surface area contributed by atoms with E-state index >= 15 is 0 Å². The lowest BCUT2D eigenvalue weighted by molar-refractivity contribution is 0.0858. The fourth-order valence-corrected chi connectivity index (χ4v) is 4.44. The molecule has 4 aromatic rings. The van der Waals surface area contributed by atoms with Crippen molar-refractivity contribution in [3.05, 3.63) is 107 Å². The summed E-state index contributed by atoms with van der Waals surface area (Å²) in [5.74, 6) is 1.00. The molecule has 1 saturated heterocycles. The van der Waals surface area contributed by atoms with Gasteiger partial charge in [0.1, 0.15) is 5.75 Å². The molecule has 5 rings (SSSR count). The molecule has 0 radical (unpaired) electrons. The molecule has 1 fully saturated rings. The topological polar surface area (TPSA) is 94.5 Å². The summed E-state index contributed by atoms with van der Waals surface area (Å²) in [6.07, 6.45) is 3.54. The standard InChI is InChI=1S/C31H32N4O4/c1-21(2)22-9-7-14-26(18-22)39-28-20-33-35(25-12-4-3-5-13-25)31(37)29(28)34-24-11-6-10-23(17-24)30(36)32-19-27-15-8-16-38-27/h3-7,9-14,17-18,20-21,27,34H,8,15-16,19H2,1-2H3,(H,32,36)/t27-/m0/s1. The van der Waals surface area contributed by atoms with E-state index in [1.807, 2.05) is 54.6 Å². The average molecular weight is 525 g/mol. The van der Waals surface area contributed by atoms with Crippen molar-refractivity contribution >= 4 is 17.3 Å². The lowest BCUT2D eigenvalue weighted by atomic mass is 10.0. The van der Waals surface area contributed by atoms with E-state index in [4.69, 9.17) is 9.47 Å². The third-order valence-corrected chi connectivity index (χ3v) is 6.60. The van der Waals surface area contributed by atoms with Crippen LogP contribution in [0, 0.1) is 0 Å². The summed E-state index contributed by atoms with van der Waals surface area (Å²) in [4.78, 5) is 26.5. The number of benzene rings is 3. The Labute approximate surface area is 227 Å². The Balaban J connectivity index is 1.46. The van der Waals surface area contributed by atoms with Gasteiger partial charge < -0.3 is 20.1 Å². The van der Waals surface area contributed by atoms with E-state index in [0.29, 0.717) is 35.2 Å². The van der Waals surface area contributed by atoms with Gasteiger partial charge in [0.2, 0.25) is 0 Å². The van der Waals surface area contributed by atoms with Crippen LogP contribution in [0.2, 0.25) is 0 Å². The highest BCUT2D eigenvalue weighted by Crippen LogP contribution is 2.30. The van der Waals surface area contributed by atoms with Crippen molar-refractivity contribution in [2.75, 3.05) is 18.5 Å². The van der Waals surface area contributed by atoms with Crippen molar-refractivity contribution in [3.8, 4) is 17.2 Å². The van der Waals surface area contributed by atoms with Crippen molar-refractivity contribution in [2.45, 2.75) is 38.7 Å². The molecule has 39 heavy (non-hydrogen) atoms. The van der Waals surface area contributed by atoms with E-state index in [-0.39, 0.29) is 29.0 Å². The third-order valence-electron chi connectivity index (χ3n) is 6.60. The van der Waals surface area contributed by atoms with Crippen LogP contribution >= 0.6 is 0 Å². The highest BCUT2D eigenvalue weighted by molar-refractivity contribution is 5.95. The summed E-state index contributed by atoms with van der Waals surface area (Å²) in [6, 6.07) is 24.0. The first-order chi connectivity index (χ1) is 19.0. The zero-order valence-electron chi connectivity index (χ0n) is 22.1. The van der Waals surface area contributed by atoms with Crippen LogP contribution in [0.3, 0.4) is 0 Å². The fraction of sp³-hybridized carbons (Fsp3) is 0.258. The first-order valence-electron chi connectivity index (χ1n) is 13.2. The van der Waals surface area contributed by atoms with Crippen molar-refractivity contribution in [2.24, 2.45) is 0 Å². The SMILES string of the molecule is CC(C)c1cccc(Oc2cnn(-c3ccccc3)c(=O)c2Nc2cccc(C(=O)NC[C@@H]3CCCO3)c2)c1. The molecule has 0 unspecified atom stereocenters. The minimum atomic E-state index is -0.382. The fourth-order valence-electron chi connectivity index (χ4n) is 4.44. The van der Waals surface area contributed by atoms with Gasteiger partial charge in [-0.15, -0.1) is 0 Å². The number of para-hydroxylation sites is 1. The van der Waals surface area contributed by atoms with Gasteiger partial charge in [0.05, 0.1) is 18.0 Å². The van der Waals surface area contributed by atoms with Gasteiger partial charge in [0, 0.05) is 24.4 Å². The summed E-state index contributed by atoms with van der Waals surface area (Å²) < 4.78 is 13.1. The maximum absolute atomic E-state index is 13.7. The van der Waals surface area contributed by atoms with Gasteiger partial charge in [0.25, 0.3) is 11.5 Å². The lowest BCUT2D eigenvalue weighted by Crippen LogP contribution is -2.31. The van der Waals surface area contributed by atoms with E-state index in [0.717, 1.165) is 25.0 Å². The van der Waals surface area contributed by atoms with Crippen LogP contribution in [0.5, 0.6) is 11.5 Å². The minimum Gasteiger partial charge on any atom is -0.453 e.